The molecule has 0 aliphatic heterocycles. The van der Waals surface area contributed by atoms with Gasteiger partial charge in [-0.05, 0) is 30.5 Å². The maximum absolute atomic E-state index is 12.7. The van der Waals surface area contributed by atoms with Gasteiger partial charge in [0, 0.05) is 18.7 Å². The second-order valence-corrected chi connectivity index (χ2v) is 9.60. The Balaban J connectivity index is 1.69. The molecule has 0 saturated carbocycles. The molecule has 1 N–H and O–H groups in total. The average molecular weight is 531 g/mol. The Kier molecular flexibility index (Phi) is 9.66. The van der Waals surface area contributed by atoms with Gasteiger partial charge >= 0.3 is 0 Å². The lowest BCUT2D eigenvalue weighted by Crippen LogP contribution is -2.16. The lowest BCUT2D eigenvalue weighted by atomic mass is 10.0. The molecule has 36 heavy (non-hydrogen) atoms. The number of hydrogen-bond acceptors (Lipinski definition) is 7. The average Bonchev–Trinajstić information content (AvgIpc) is 3.26. The summed E-state index contributed by atoms with van der Waals surface area (Å²) in [4.78, 5) is 12.7. The van der Waals surface area contributed by atoms with E-state index in [2.05, 4.69) is 48.1 Å². The molecule has 0 aliphatic rings. The topological polar surface area (TPSA) is 87.5 Å². The first-order valence-corrected chi connectivity index (χ1v) is 12.8. The van der Waals surface area contributed by atoms with Crippen molar-refractivity contribution in [2.45, 2.75) is 44.5 Å². The number of nitrogens with zero attached hydrogens (tertiary/aromatic N) is 3. The second-order valence-electron chi connectivity index (χ2n) is 8.25. The van der Waals surface area contributed by atoms with Gasteiger partial charge < -0.3 is 19.5 Å². The summed E-state index contributed by atoms with van der Waals surface area (Å²) in [6, 6.07) is 11.3. The summed E-state index contributed by atoms with van der Waals surface area (Å²) in [6.45, 7) is 10.5. The number of thioether (sulfide) groups is 1. The molecule has 1 unspecified atom stereocenters. The molecule has 10 heteroatoms. The summed E-state index contributed by atoms with van der Waals surface area (Å²) in [5.74, 6) is 2.58. The van der Waals surface area contributed by atoms with Crippen LogP contribution in [0.15, 0.2) is 54.2 Å². The van der Waals surface area contributed by atoms with Gasteiger partial charge in [-0.3, -0.25) is 9.36 Å². The molecule has 3 rings (SSSR count). The molecule has 0 fully saturated rings. The van der Waals surface area contributed by atoms with E-state index in [9.17, 15) is 4.79 Å². The van der Waals surface area contributed by atoms with Gasteiger partial charge in [-0.15, -0.1) is 16.8 Å². The number of benzene rings is 2. The largest absolute Gasteiger partial charge is 0.495 e. The highest BCUT2D eigenvalue weighted by atomic mass is 35.5. The molecule has 1 amide bonds. The van der Waals surface area contributed by atoms with Gasteiger partial charge in [-0.1, -0.05) is 55.4 Å². The van der Waals surface area contributed by atoms with Crippen molar-refractivity contribution in [1.29, 1.82) is 0 Å². The lowest BCUT2D eigenvalue weighted by molar-refractivity contribution is -0.113. The summed E-state index contributed by atoms with van der Waals surface area (Å²) in [5, 5.41) is 12.4. The fourth-order valence-electron chi connectivity index (χ4n) is 3.47. The van der Waals surface area contributed by atoms with Gasteiger partial charge in [0.2, 0.25) is 5.91 Å². The summed E-state index contributed by atoms with van der Waals surface area (Å²) in [7, 11) is 3.01. The maximum Gasteiger partial charge on any atom is 0.234 e. The van der Waals surface area contributed by atoms with Crippen LogP contribution in [0.1, 0.15) is 44.2 Å². The molecule has 3 aromatic rings. The molecule has 0 saturated heterocycles. The Bertz CT molecular complexity index is 1200. The lowest BCUT2D eigenvalue weighted by Gasteiger charge is -2.16. The van der Waals surface area contributed by atoms with Gasteiger partial charge in [0.15, 0.2) is 17.1 Å². The maximum atomic E-state index is 12.7. The Morgan fingerprint density at radius 1 is 1.14 bits per heavy atom. The molecule has 0 bridgehead atoms. The quantitative estimate of drug-likeness (QED) is 0.222. The highest BCUT2D eigenvalue weighted by Gasteiger charge is 2.20. The number of carbonyl (C=O) groups excluding carboxylic acids is 1. The van der Waals surface area contributed by atoms with Crippen LogP contribution in [0.5, 0.6) is 17.2 Å². The van der Waals surface area contributed by atoms with Crippen molar-refractivity contribution in [2.24, 2.45) is 0 Å². The van der Waals surface area contributed by atoms with Crippen molar-refractivity contribution in [3.63, 3.8) is 0 Å². The monoisotopic (exact) mass is 530 g/mol. The number of hydrogen-bond donors (Lipinski definition) is 1. The van der Waals surface area contributed by atoms with Crippen molar-refractivity contribution in [3.8, 4) is 17.2 Å². The first kappa shape index (κ1) is 27.4. The highest BCUT2D eigenvalue weighted by molar-refractivity contribution is 7.99. The van der Waals surface area contributed by atoms with Crippen LogP contribution in [-0.4, -0.2) is 40.6 Å². The van der Waals surface area contributed by atoms with E-state index in [0.29, 0.717) is 45.7 Å². The van der Waals surface area contributed by atoms with Crippen LogP contribution in [0.2, 0.25) is 5.02 Å². The normalized spacial score (nSPS) is 11.8. The molecular formula is C26H31ClN4O4S. The highest BCUT2D eigenvalue weighted by Crippen LogP contribution is 2.36. The minimum absolute atomic E-state index is 0.106. The van der Waals surface area contributed by atoms with E-state index in [1.807, 2.05) is 23.6 Å². The number of amides is 1. The third-order valence-electron chi connectivity index (χ3n) is 5.36. The molecule has 8 nitrogen and oxygen atoms in total. The molecule has 1 aromatic heterocycles. The standard InChI is InChI=1S/C26H31ClN4O4S/c1-7-12-31-25(17(4)35-19-10-8-18(9-11-19)16(2)3)29-30-26(31)36-15-24(32)28-21-14-22(33-5)20(27)13-23(21)34-6/h7-11,13-14,16-17H,1,12,15H2,2-6H3,(H,28,32). The van der Waals surface area contributed by atoms with Crippen LogP contribution >= 0.6 is 23.4 Å². The van der Waals surface area contributed by atoms with Crippen molar-refractivity contribution in [1.82, 2.24) is 14.8 Å². The zero-order valence-electron chi connectivity index (χ0n) is 21.1. The zero-order valence-corrected chi connectivity index (χ0v) is 22.7. The van der Waals surface area contributed by atoms with Crippen molar-refractivity contribution in [2.75, 3.05) is 25.3 Å². The van der Waals surface area contributed by atoms with Crippen LogP contribution in [0.4, 0.5) is 5.69 Å². The molecule has 1 heterocycles. The van der Waals surface area contributed by atoms with E-state index in [4.69, 9.17) is 25.8 Å². The third-order valence-corrected chi connectivity index (χ3v) is 6.62. The Hall–Kier alpha value is -3.17. The van der Waals surface area contributed by atoms with E-state index < -0.39 is 0 Å². The van der Waals surface area contributed by atoms with Crippen LogP contribution in [0, 0.1) is 0 Å². The van der Waals surface area contributed by atoms with E-state index in [0.717, 1.165) is 5.75 Å². The van der Waals surface area contributed by atoms with Gasteiger partial charge in [0.25, 0.3) is 0 Å². The van der Waals surface area contributed by atoms with Gasteiger partial charge in [-0.2, -0.15) is 0 Å². The van der Waals surface area contributed by atoms with Gasteiger partial charge in [0.05, 0.1) is 30.7 Å². The van der Waals surface area contributed by atoms with Crippen LogP contribution in [0.25, 0.3) is 0 Å². The predicted molar refractivity (Wildman–Crippen MR) is 144 cm³/mol. The van der Waals surface area contributed by atoms with E-state index in [1.54, 1.807) is 18.2 Å². The Labute approximate surface area is 221 Å². The van der Waals surface area contributed by atoms with Crippen molar-refractivity contribution >= 4 is 35.0 Å². The van der Waals surface area contributed by atoms with Crippen LogP contribution in [-0.2, 0) is 11.3 Å². The molecule has 1 atom stereocenters. The fourth-order valence-corrected chi connectivity index (χ4v) is 4.46. The fraction of sp³-hybridized carbons (Fsp3) is 0.346. The number of nitrogens with one attached hydrogen (secondary N) is 1. The summed E-state index contributed by atoms with van der Waals surface area (Å²) < 4.78 is 18.6. The molecule has 0 radical (unpaired) electrons. The van der Waals surface area contributed by atoms with Crippen molar-refractivity contribution in [3.05, 3.63) is 65.5 Å². The van der Waals surface area contributed by atoms with Crippen molar-refractivity contribution < 1.29 is 19.0 Å². The van der Waals surface area contributed by atoms with E-state index in [1.165, 1.54) is 31.5 Å². The second kappa shape index (κ2) is 12.7. The SMILES string of the molecule is C=CCn1c(SCC(=O)Nc2cc(OC)c(Cl)cc2OC)nnc1C(C)Oc1ccc(C(C)C)cc1. The Morgan fingerprint density at radius 3 is 2.44 bits per heavy atom. The summed E-state index contributed by atoms with van der Waals surface area (Å²) in [5.41, 5.74) is 1.71. The van der Waals surface area contributed by atoms with Gasteiger partial charge in [-0.25, -0.2) is 0 Å². The molecule has 0 spiro atoms. The minimum Gasteiger partial charge on any atom is -0.495 e. The predicted octanol–water partition coefficient (Wildman–Crippen LogP) is 6.13. The summed E-state index contributed by atoms with van der Waals surface area (Å²) >= 11 is 7.41. The molecule has 0 aliphatic carbocycles. The molecular weight excluding hydrogens is 500 g/mol. The molecule has 192 valence electrons. The first-order chi connectivity index (χ1) is 17.3. The third kappa shape index (κ3) is 6.73. The smallest absolute Gasteiger partial charge is 0.234 e. The number of carbonyl (C=O) groups is 1. The number of aromatic nitrogens is 3. The summed E-state index contributed by atoms with van der Waals surface area (Å²) in [6.07, 6.45) is 1.41. The number of anilines is 1. The Morgan fingerprint density at radius 2 is 1.83 bits per heavy atom. The number of ether oxygens (including phenoxy) is 3. The zero-order chi connectivity index (χ0) is 26.2. The number of allylic oxidation sites excluding steroid dienone is 1. The van der Waals surface area contributed by atoms with Crippen LogP contribution < -0.4 is 19.5 Å². The van der Waals surface area contributed by atoms with Gasteiger partial charge in [0.1, 0.15) is 17.2 Å². The number of halogens is 1. The molecule has 2 aromatic carbocycles. The van der Waals surface area contributed by atoms with E-state index >= 15 is 0 Å². The van der Waals surface area contributed by atoms with Crippen LogP contribution in [0.3, 0.4) is 0 Å². The number of methoxy groups -OCH3 is 2. The first-order valence-electron chi connectivity index (χ1n) is 11.4. The minimum atomic E-state index is -0.351. The van der Waals surface area contributed by atoms with E-state index in [-0.39, 0.29) is 17.8 Å². The number of rotatable bonds is 12.